The number of hydrogen-bond donors (Lipinski definition) is 2. The molecular formula is C14H16F3N5O2S. The fraction of sp³-hybridized carbons (Fsp3) is 0.429. The van der Waals surface area contributed by atoms with E-state index in [2.05, 4.69) is 25.8 Å². The molecule has 0 spiro atoms. The number of carbonyl (C=O) groups excluding carboxylic acids is 1. The van der Waals surface area contributed by atoms with Gasteiger partial charge in [0, 0.05) is 26.2 Å². The summed E-state index contributed by atoms with van der Waals surface area (Å²) in [6.45, 7) is 2.36. The van der Waals surface area contributed by atoms with Gasteiger partial charge in [0.15, 0.2) is 5.82 Å². The van der Waals surface area contributed by atoms with Gasteiger partial charge >= 0.3 is 6.18 Å². The molecule has 0 bridgehead atoms. The van der Waals surface area contributed by atoms with E-state index in [1.54, 1.807) is 6.92 Å². The zero-order chi connectivity index (χ0) is 18.3. The van der Waals surface area contributed by atoms with Crippen LogP contribution in [0.25, 0.3) is 0 Å². The number of nitrogens with zero attached hydrogens (tertiary/aromatic N) is 3. The summed E-state index contributed by atoms with van der Waals surface area (Å²) in [5.74, 6) is 1.87. The van der Waals surface area contributed by atoms with Crippen LogP contribution in [-0.4, -0.2) is 39.9 Å². The maximum Gasteiger partial charge on any atom is 0.417 e. The number of halogens is 3. The van der Waals surface area contributed by atoms with Crippen LogP contribution < -0.4 is 10.6 Å². The number of aryl methyl sites for hydroxylation is 1. The molecule has 25 heavy (non-hydrogen) atoms. The minimum Gasteiger partial charge on any atom is -0.368 e. The lowest BCUT2D eigenvalue weighted by atomic mass is 10.3. The van der Waals surface area contributed by atoms with Crippen LogP contribution in [0.2, 0.25) is 0 Å². The van der Waals surface area contributed by atoms with E-state index in [0.717, 1.165) is 12.3 Å². The van der Waals surface area contributed by atoms with Crippen molar-refractivity contribution in [2.45, 2.75) is 18.9 Å². The molecule has 2 heterocycles. The normalized spacial score (nSPS) is 11.4. The highest BCUT2D eigenvalue weighted by Gasteiger charge is 2.30. The van der Waals surface area contributed by atoms with E-state index in [-0.39, 0.29) is 11.7 Å². The number of amides is 1. The zero-order valence-corrected chi connectivity index (χ0v) is 14.1. The summed E-state index contributed by atoms with van der Waals surface area (Å²) in [6.07, 6.45) is -3.64. The zero-order valence-electron chi connectivity index (χ0n) is 13.3. The standard InChI is InChI=1S/C14H16F3N5O2S/c1-9-21-12(22-24-9)7-25-8-13(23)19-5-4-18-11-3-2-10(6-20-11)14(15,16)17/h2-3,6H,4-5,7-8H2,1H3,(H,18,20)(H,19,23). The largest absolute Gasteiger partial charge is 0.417 e. The van der Waals surface area contributed by atoms with E-state index >= 15 is 0 Å². The van der Waals surface area contributed by atoms with Gasteiger partial charge in [0.1, 0.15) is 5.82 Å². The molecule has 0 aliphatic heterocycles. The van der Waals surface area contributed by atoms with E-state index in [4.69, 9.17) is 4.52 Å². The van der Waals surface area contributed by atoms with Crippen molar-refractivity contribution >= 4 is 23.5 Å². The summed E-state index contributed by atoms with van der Waals surface area (Å²) in [7, 11) is 0. The molecule has 0 saturated heterocycles. The Kier molecular flexibility index (Phi) is 6.62. The number of carbonyl (C=O) groups is 1. The van der Waals surface area contributed by atoms with E-state index in [0.29, 0.717) is 36.4 Å². The summed E-state index contributed by atoms with van der Waals surface area (Å²) in [4.78, 5) is 19.3. The first-order chi connectivity index (χ1) is 11.8. The van der Waals surface area contributed by atoms with Gasteiger partial charge in [0.05, 0.1) is 17.1 Å². The van der Waals surface area contributed by atoms with Crippen LogP contribution in [0, 0.1) is 6.92 Å². The van der Waals surface area contributed by atoms with E-state index in [1.165, 1.54) is 17.8 Å². The number of aromatic nitrogens is 3. The van der Waals surface area contributed by atoms with Gasteiger partial charge in [0.2, 0.25) is 11.8 Å². The second-order valence-electron chi connectivity index (χ2n) is 4.93. The molecular weight excluding hydrogens is 359 g/mol. The van der Waals surface area contributed by atoms with Gasteiger partial charge in [-0.25, -0.2) is 4.98 Å². The summed E-state index contributed by atoms with van der Waals surface area (Å²) < 4.78 is 42.0. The molecule has 0 unspecified atom stereocenters. The molecule has 0 fully saturated rings. The van der Waals surface area contributed by atoms with Gasteiger partial charge in [-0.1, -0.05) is 5.16 Å². The van der Waals surface area contributed by atoms with Crippen LogP contribution in [0.1, 0.15) is 17.3 Å². The van der Waals surface area contributed by atoms with Gasteiger partial charge in [0.25, 0.3) is 0 Å². The summed E-state index contributed by atoms with van der Waals surface area (Å²) >= 11 is 1.35. The van der Waals surface area contributed by atoms with Crippen molar-refractivity contribution in [2.75, 3.05) is 24.2 Å². The Labute approximate surface area is 145 Å². The molecule has 1 amide bonds. The number of pyridine rings is 1. The van der Waals surface area contributed by atoms with Crippen molar-refractivity contribution in [3.63, 3.8) is 0 Å². The molecule has 2 rings (SSSR count). The van der Waals surface area contributed by atoms with E-state index in [9.17, 15) is 18.0 Å². The van der Waals surface area contributed by atoms with Crippen molar-refractivity contribution in [3.05, 3.63) is 35.6 Å². The molecule has 0 aliphatic rings. The number of anilines is 1. The first-order valence-electron chi connectivity index (χ1n) is 7.25. The Morgan fingerprint density at radius 2 is 2.12 bits per heavy atom. The van der Waals surface area contributed by atoms with Crippen LogP contribution >= 0.6 is 11.8 Å². The van der Waals surface area contributed by atoms with Crippen molar-refractivity contribution in [2.24, 2.45) is 0 Å². The highest BCUT2D eigenvalue weighted by atomic mass is 32.2. The van der Waals surface area contributed by atoms with Crippen LogP contribution in [0.3, 0.4) is 0 Å². The van der Waals surface area contributed by atoms with Crippen molar-refractivity contribution in [1.29, 1.82) is 0 Å². The molecule has 0 aliphatic carbocycles. The van der Waals surface area contributed by atoms with E-state index in [1.807, 2.05) is 0 Å². The summed E-state index contributed by atoms with van der Waals surface area (Å²) in [5, 5.41) is 9.23. The highest BCUT2D eigenvalue weighted by Crippen LogP contribution is 2.28. The van der Waals surface area contributed by atoms with Crippen LogP contribution in [0.4, 0.5) is 19.0 Å². The lowest BCUT2D eigenvalue weighted by Crippen LogP contribution is -2.30. The first kappa shape index (κ1) is 19.0. The quantitative estimate of drug-likeness (QED) is 0.684. The molecule has 2 aromatic rings. The Bertz CT molecular complexity index is 691. The predicted molar refractivity (Wildman–Crippen MR) is 85.9 cm³/mol. The highest BCUT2D eigenvalue weighted by molar-refractivity contribution is 7.99. The molecule has 0 atom stereocenters. The maximum absolute atomic E-state index is 12.4. The second kappa shape index (κ2) is 8.70. The number of thioether (sulfide) groups is 1. The number of rotatable bonds is 8. The van der Waals surface area contributed by atoms with Gasteiger partial charge < -0.3 is 15.2 Å². The SMILES string of the molecule is Cc1nc(CSCC(=O)NCCNc2ccc(C(F)(F)F)cn2)no1. The average molecular weight is 375 g/mol. The number of hydrogen-bond acceptors (Lipinski definition) is 7. The molecule has 2 aromatic heterocycles. The number of alkyl halides is 3. The first-order valence-corrected chi connectivity index (χ1v) is 8.41. The van der Waals surface area contributed by atoms with E-state index < -0.39 is 11.7 Å². The van der Waals surface area contributed by atoms with Gasteiger partial charge in [-0.15, -0.1) is 11.8 Å². The monoisotopic (exact) mass is 375 g/mol. The third-order valence-corrected chi connectivity index (χ3v) is 3.81. The summed E-state index contributed by atoms with van der Waals surface area (Å²) in [6, 6.07) is 2.19. The number of nitrogens with one attached hydrogen (secondary N) is 2. The fourth-order valence-electron chi connectivity index (χ4n) is 1.74. The van der Waals surface area contributed by atoms with Crippen LogP contribution in [0.15, 0.2) is 22.9 Å². The molecule has 0 radical (unpaired) electrons. The van der Waals surface area contributed by atoms with Gasteiger partial charge in [-0.05, 0) is 12.1 Å². The fourth-order valence-corrected chi connectivity index (χ4v) is 2.43. The third-order valence-electron chi connectivity index (χ3n) is 2.88. The Hall–Kier alpha value is -2.30. The van der Waals surface area contributed by atoms with Gasteiger partial charge in [-0.3, -0.25) is 4.79 Å². The molecule has 7 nitrogen and oxygen atoms in total. The lowest BCUT2D eigenvalue weighted by Gasteiger charge is -2.09. The molecule has 0 aromatic carbocycles. The van der Waals surface area contributed by atoms with Crippen molar-refractivity contribution in [1.82, 2.24) is 20.4 Å². The Balaban J connectivity index is 1.59. The van der Waals surface area contributed by atoms with Crippen molar-refractivity contribution < 1.29 is 22.5 Å². The second-order valence-corrected chi connectivity index (χ2v) is 5.91. The lowest BCUT2D eigenvalue weighted by molar-refractivity contribution is -0.137. The third kappa shape index (κ3) is 6.61. The molecule has 136 valence electrons. The minimum absolute atomic E-state index is 0.160. The minimum atomic E-state index is -4.41. The summed E-state index contributed by atoms with van der Waals surface area (Å²) in [5.41, 5.74) is -0.805. The van der Waals surface area contributed by atoms with Gasteiger partial charge in [-0.2, -0.15) is 18.2 Å². The topological polar surface area (TPSA) is 92.9 Å². The molecule has 2 N–H and O–H groups in total. The van der Waals surface area contributed by atoms with Crippen molar-refractivity contribution in [3.8, 4) is 0 Å². The smallest absolute Gasteiger partial charge is 0.368 e. The molecule has 11 heteroatoms. The Morgan fingerprint density at radius 1 is 1.32 bits per heavy atom. The Morgan fingerprint density at radius 3 is 2.72 bits per heavy atom. The maximum atomic E-state index is 12.4. The molecule has 0 saturated carbocycles. The average Bonchev–Trinajstić information content (AvgIpc) is 2.96. The van der Waals surface area contributed by atoms with Crippen LogP contribution in [-0.2, 0) is 16.7 Å². The van der Waals surface area contributed by atoms with Crippen LogP contribution in [0.5, 0.6) is 0 Å². The predicted octanol–water partition coefficient (Wildman–Crippen LogP) is 2.25.